The number of hydrogen-bond donors (Lipinski definition) is 0. The maximum Gasteiger partial charge on any atom is 0.247 e. The Morgan fingerprint density at radius 2 is 1.76 bits per heavy atom. The minimum atomic E-state index is -0.990. The number of ether oxygens (including phenoxy) is 3. The molecule has 0 saturated heterocycles. The molecule has 3 aromatic rings. The third kappa shape index (κ3) is 2.21. The summed E-state index contributed by atoms with van der Waals surface area (Å²) >= 11 is 0. The summed E-state index contributed by atoms with van der Waals surface area (Å²) in [5.74, 6) is 1.85. The largest absolute Gasteiger partial charge is 0.491 e. The number of fused-ring (bicyclic) bond motifs is 5. The second-order valence-electron chi connectivity index (χ2n) is 7.27. The molecule has 0 radical (unpaired) electrons. The number of carbonyl (C=O) groups is 1. The van der Waals surface area contributed by atoms with E-state index in [0.717, 1.165) is 16.9 Å². The summed E-state index contributed by atoms with van der Waals surface area (Å²) in [5, 5.41) is 0. The van der Waals surface area contributed by atoms with Gasteiger partial charge in [-0.15, -0.1) is 0 Å². The van der Waals surface area contributed by atoms with E-state index in [2.05, 4.69) is 9.97 Å². The minimum Gasteiger partial charge on any atom is -0.491 e. The van der Waals surface area contributed by atoms with Crippen molar-refractivity contribution in [3.05, 3.63) is 71.8 Å². The Hall–Kier alpha value is -3.61. The van der Waals surface area contributed by atoms with Gasteiger partial charge in [0.15, 0.2) is 16.9 Å². The summed E-state index contributed by atoms with van der Waals surface area (Å²) in [6, 6.07) is 13.1. The van der Waals surface area contributed by atoms with Crippen LogP contribution in [0.1, 0.15) is 17.0 Å². The molecule has 0 fully saturated rings. The Kier molecular flexibility index (Phi) is 3.35. The smallest absolute Gasteiger partial charge is 0.247 e. The molecule has 1 spiro atoms. The van der Waals surface area contributed by atoms with Crippen LogP contribution in [-0.2, 0) is 16.8 Å². The fourth-order valence-electron chi connectivity index (χ4n) is 4.35. The molecule has 0 N–H and O–H groups in total. The van der Waals surface area contributed by atoms with Crippen LogP contribution >= 0.6 is 0 Å². The molecule has 0 bridgehead atoms. The lowest BCUT2D eigenvalue weighted by atomic mass is 9.79. The molecule has 0 aliphatic carbocycles. The summed E-state index contributed by atoms with van der Waals surface area (Å²) in [5.41, 5.74) is 2.09. The SMILES string of the molecule is O=C1N(Cc2ccccn2)c2cccnc2C12COc1cc3c(cc12)OCCO3. The maximum atomic E-state index is 13.8. The Balaban J connectivity index is 1.51. The molecule has 1 unspecified atom stereocenters. The highest BCUT2D eigenvalue weighted by Gasteiger charge is 2.58. The van der Waals surface area contributed by atoms with E-state index in [1.165, 1.54) is 0 Å². The van der Waals surface area contributed by atoms with Crippen LogP contribution in [0.2, 0.25) is 0 Å². The van der Waals surface area contributed by atoms with Crippen LogP contribution in [0.5, 0.6) is 17.2 Å². The van der Waals surface area contributed by atoms with Gasteiger partial charge < -0.3 is 19.1 Å². The van der Waals surface area contributed by atoms with Crippen molar-refractivity contribution in [2.45, 2.75) is 12.0 Å². The average Bonchev–Trinajstić information content (AvgIpc) is 3.25. The number of nitrogens with zero attached hydrogens (tertiary/aromatic N) is 3. The predicted octanol–water partition coefficient (Wildman–Crippen LogP) is 2.47. The molecule has 5 heterocycles. The van der Waals surface area contributed by atoms with Crippen molar-refractivity contribution in [1.82, 2.24) is 9.97 Å². The highest BCUT2D eigenvalue weighted by atomic mass is 16.6. The minimum absolute atomic E-state index is 0.0627. The first-order chi connectivity index (χ1) is 14.3. The topological polar surface area (TPSA) is 73.8 Å². The van der Waals surface area contributed by atoms with Crippen LogP contribution in [-0.4, -0.2) is 35.7 Å². The van der Waals surface area contributed by atoms with E-state index in [9.17, 15) is 4.79 Å². The number of amides is 1. The van der Waals surface area contributed by atoms with E-state index in [0.29, 0.717) is 42.7 Å². The number of anilines is 1. The van der Waals surface area contributed by atoms with Gasteiger partial charge in [-0.3, -0.25) is 14.8 Å². The first-order valence-corrected chi connectivity index (χ1v) is 9.52. The monoisotopic (exact) mass is 387 g/mol. The van der Waals surface area contributed by atoms with E-state index in [4.69, 9.17) is 14.2 Å². The standard InChI is InChI=1S/C22H17N3O4/c26-21-22(13-29-17-11-19-18(10-15(17)22)27-8-9-28-19)20-16(5-3-7-24-20)25(21)12-14-4-1-2-6-23-14/h1-7,10-11H,8-9,12-13H2. The molecule has 144 valence electrons. The fraction of sp³-hybridized carbons (Fsp3) is 0.227. The van der Waals surface area contributed by atoms with Crippen LogP contribution in [0, 0.1) is 0 Å². The molecular formula is C22H17N3O4. The highest BCUT2D eigenvalue weighted by Crippen LogP contribution is 2.54. The highest BCUT2D eigenvalue weighted by molar-refractivity contribution is 6.10. The Labute approximate surface area is 166 Å². The molecule has 29 heavy (non-hydrogen) atoms. The number of benzene rings is 1. The molecule has 3 aliphatic heterocycles. The maximum absolute atomic E-state index is 13.8. The average molecular weight is 387 g/mol. The lowest BCUT2D eigenvalue weighted by Crippen LogP contribution is -2.42. The van der Waals surface area contributed by atoms with E-state index >= 15 is 0 Å². The van der Waals surface area contributed by atoms with Gasteiger partial charge in [-0.05, 0) is 30.3 Å². The molecule has 7 nitrogen and oxygen atoms in total. The first kappa shape index (κ1) is 16.4. The van der Waals surface area contributed by atoms with Gasteiger partial charge in [-0.2, -0.15) is 0 Å². The van der Waals surface area contributed by atoms with Crippen LogP contribution in [0.4, 0.5) is 5.69 Å². The summed E-state index contributed by atoms with van der Waals surface area (Å²) in [4.78, 5) is 24.6. The molecular weight excluding hydrogens is 370 g/mol. The zero-order chi connectivity index (χ0) is 19.4. The number of carbonyl (C=O) groups excluding carboxylic acids is 1. The van der Waals surface area contributed by atoms with E-state index < -0.39 is 5.41 Å². The molecule has 3 aliphatic rings. The zero-order valence-electron chi connectivity index (χ0n) is 15.5. The second-order valence-corrected chi connectivity index (χ2v) is 7.27. The van der Waals surface area contributed by atoms with Crippen LogP contribution in [0.15, 0.2) is 54.9 Å². The molecule has 1 atom stereocenters. The Morgan fingerprint density at radius 3 is 2.59 bits per heavy atom. The number of aromatic nitrogens is 2. The van der Waals surface area contributed by atoms with Crippen molar-refractivity contribution in [1.29, 1.82) is 0 Å². The van der Waals surface area contributed by atoms with Crippen LogP contribution < -0.4 is 19.1 Å². The van der Waals surface area contributed by atoms with Gasteiger partial charge in [0, 0.05) is 24.0 Å². The molecule has 7 heteroatoms. The third-order valence-corrected chi connectivity index (χ3v) is 5.69. The van der Waals surface area contributed by atoms with Gasteiger partial charge in [-0.25, -0.2) is 0 Å². The quantitative estimate of drug-likeness (QED) is 0.673. The zero-order valence-corrected chi connectivity index (χ0v) is 15.5. The van der Waals surface area contributed by atoms with Gasteiger partial charge in [-0.1, -0.05) is 6.07 Å². The number of hydrogen-bond acceptors (Lipinski definition) is 6. The van der Waals surface area contributed by atoms with Gasteiger partial charge in [0.1, 0.15) is 25.6 Å². The van der Waals surface area contributed by atoms with Crippen molar-refractivity contribution >= 4 is 11.6 Å². The summed E-state index contributed by atoms with van der Waals surface area (Å²) in [6.07, 6.45) is 3.45. The number of rotatable bonds is 2. The Morgan fingerprint density at radius 1 is 0.931 bits per heavy atom. The van der Waals surface area contributed by atoms with Crippen molar-refractivity contribution in [3.63, 3.8) is 0 Å². The lowest BCUT2D eigenvalue weighted by Gasteiger charge is -2.24. The van der Waals surface area contributed by atoms with Gasteiger partial charge in [0.2, 0.25) is 5.91 Å². The van der Waals surface area contributed by atoms with Crippen molar-refractivity contribution < 1.29 is 19.0 Å². The molecule has 2 aromatic heterocycles. The van der Waals surface area contributed by atoms with E-state index in [-0.39, 0.29) is 12.5 Å². The summed E-state index contributed by atoms with van der Waals surface area (Å²) in [7, 11) is 0. The predicted molar refractivity (Wildman–Crippen MR) is 103 cm³/mol. The molecule has 1 amide bonds. The molecule has 1 aromatic carbocycles. The summed E-state index contributed by atoms with van der Waals surface area (Å²) < 4.78 is 17.4. The van der Waals surface area contributed by atoms with Gasteiger partial charge >= 0.3 is 0 Å². The van der Waals surface area contributed by atoms with Crippen molar-refractivity contribution in [2.75, 3.05) is 24.7 Å². The molecule has 0 saturated carbocycles. The van der Waals surface area contributed by atoms with E-state index in [1.807, 2.05) is 42.5 Å². The third-order valence-electron chi connectivity index (χ3n) is 5.69. The fourth-order valence-corrected chi connectivity index (χ4v) is 4.35. The second kappa shape index (κ2) is 5.94. The van der Waals surface area contributed by atoms with Crippen molar-refractivity contribution in [3.8, 4) is 17.2 Å². The van der Waals surface area contributed by atoms with Gasteiger partial charge in [0.25, 0.3) is 0 Å². The number of pyridine rings is 2. The van der Waals surface area contributed by atoms with Crippen molar-refractivity contribution in [2.24, 2.45) is 0 Å². The summed E-state index contributed by atoms with van der Waals surface area (Å²) in [6.45, 7) is 1.55. The van der Waals surface area contributed by atoms with Crippen LogP contribution in [0.3, 0.4) is 0 Å². The van der Waals surface area contributed by atoms with E-state index in [1.54, 1.807) is 17.3 Å². The molecule has 6 rings (SSSR count). The Bertz CT molecular complexity index is 1130. The lowest BCUT2D eigenvalue weighted by molar-refractivity contribution is -0.122. The first-order valence-electron chi connectivity index (χ1n) is 9.52. The van der Waals surface area contributed by atoms with Crippen LogP contribution in [0.25, 0.3) is 0 Å². The van der Waals surface area contributed by atoms with Gasteiger partial charge in [0.05, 0.1) is 23.6 Å². The normalized spacial score (nSPS) is 21.1.